The first-order chi connectivity index (χ1) is 15.0. The molecule has 3 aromatic rings. The molecule has 1 amide bonds. The van der Waals surface area contributed by atoms with E-state index in [9.17, 15) is 13.6 Å². The number of methoxy groups -OCH3 is 1. The first kappa shape index (κ1) is 21.4. The van der Waals surface area contributed by atoms with Gasteiger partial charge in [-0.3, -0.25) is 9.48 Å². The molecule has 0 aliphatic carbocycles. The lowest BCUT2D eigenvalue weighted by atomic mass is 10.2. The molecule has 0 spiro atoms. The quantitative estimate of drug-likeness (QED) is 0.638. The second kappa shape index (κ2) is 9.11. The fourth-order valence-corrected chi connectivity index (χ4v) is 4.64. The fourth-order valence-electron chi connectivity index (χ4n) is 3.79. The zero-order valence-corrected chi connectivity index (χ0v) is 18.1. The van der Waals surface area contributed by atoms with E-state index < -0.39 is 17.5 Å². The van der Waals surface area contributed by atoms with Crippen LogP contribution in [0.15, 0.2) is 29.8 Å². The van der Waals surface area contributed by atoms with Gasteiger partial charge in [0.25, 0.3) is 5.91 Å². The van der Waals surface area contributed by atoms with Crippen LogP contribution in [-0.4, -0.2) is 47.0 Å². The molecule has 0 unspecified atom stereocenters. The summed E-state index contributed by atoms with van der Waals surface area (Å²) in [6.45, 7) is 1.62. The molecule has 1 aromatic carbocycles. The SMILES string of the molecule is CO[C@@H]1CCCN(c2c(NC(=O)c3csc(-c4c(F)cccc4F)n3)cnn2C)CC1. The summed E-state index contributed by atoms with van der Waals surface area (Å²) in [5, 5.41) is 8.75. The number of aromatic nitrogens is 3. The average Bonchev–Trinajstić information content (AvgIpc) is 3.29. The van der Waals surface area contributed by atoms with Gasteiger partial charge in [-0.2, -0.15) is 5.10 Å². The smallest absolute Gasteiger partial charge is 0.275 e. The van der Waals surface area contributed by atoms with Gasteiger partial charge >= 0.3 is 0 Å². The van der Waals surface area contributed by atoms with Crippen molar-refractivity contribution in [3.05, 3.63) is 47.1 Å². The summed E-state index contributed by atoms with van der Waals surface area (Å²) >= 11 is 1.02. The van der Waals surface area contributed by atoms with Crippen LogP contribution in [0, 0.1) is 11.6 Å². The first-order valence-corrected chi connectivity index (χ1v) is 10.9. The van der Waals surface area contributed by atoms with Crippen molar-refractivity contribution >= 4 is 28.7 Å². The molecule has 0 radical (unpaired) electrons. The monoisotopic (exact) mass is 447 g/mol. The predicted molar refractivity (Wildman–Crippen MR) is 115 cm³/mol. The van der Waals surface area contributed by atoms with Crippen molar-refractivity contribution in [2.45, 2.75) is 25.4 Å². The molecule has 31 heavy (non-hydrogen) atoms. The van der Waals surface area contributed by atoms with Crippen LogP contribution < -0.4 is 10.2 Å². The number of halogens is 2. The van der Waals surface area contributed by atoms with Gasteiger partial charge in [0.2, 0.25) is 0 Å². The third-order valence-electron chi connectivity index (χ3n) is 5.38. The first-order valence-electron chi connectivity index (χ1n) is 9.99. The topological polar surface area (TPSA) is 72.3 Å². The van der Waals surface area contributed by atoms with Gasteiger partial charge in [-0.1, -0.05) is 6.07 Å². The number of nitrogens with one attached hydrogen (secondary N) is 1. The maximum atomic E-state index is 14.0. The highest BCUT2D eigenvalue weighted by Crippen LogP contribution is 2.31. The summed E-state index contributed by atoms with van der Waals surface area (Å²) in [7, 11) is 3.55. The Labute approximate surface area is 182 Å². The Balaban J connectivity index is 1.53. The van der Waals surface area contributed by atoms with Gasteiger partial charge < -0.3 is 15.0 Å². The molecular weight excluding hydrogens is 424 g/mol. The predicted octanol–water partition coefficient (Wildman–Crippen LogP) is 4.08. The van der Waals surface area contributed by atoms with Crippen LogP contribution in [0.2, 0.25) is 0 Å². The van der Waals surface area contributed by atoms with Gasteiger partial charge in [-0.25, -0.2) is 13.8 Å². The van der Waals surface area contributed by atoms with Crippen molar-refractivity contribution < 1.29 is 18.3 Å². The van der Waals surface area contributed by atoms with Crippen LogP contribution in [0.1, 0.15) is 29.8 Å². The van der Waals surface area contributed by atoms with Gasteiger partial charge in [-0.15, -0.1) is 11.3 Å². The number of ether oxygens (including phenoxy) is 1. The van der Waals surface area contributed by atoms with Gasteiger partial charge in [0, 0.05) is 32.6 Å². The van der Waals surface area contributed by atoms with Crippen LogP contribution in [0.25, 0.3) is 10.6 Å². The van der Waals surface area contributed by atoms with Crippen LogP contribution >= 0.6 is 11.3 Å². The van der Waals surface area contributed by atoms with E-state index in [1.165, 1.54) is 11.4 Å². The summed E-state index contributed by atoms with van der Waals surface area (Å²) in [5.41, 5.74) is 0.425. The number of amides is 1. The van der Waals surface area contributed by atoms with Crippen LogP contribution in [-0.2, 0) is 11.8 Å². The third kappa shape index (κ3) is 4.45. The average molecular weight is 448 g/mol. The van der Waals surface area contributed by atoms with E-state index in [1.54, 1.807) is 18.0 Å². The molecule has 2 aromatic heterocycles. The number of thiazole rings is 1. The van der Waals surface area contributed by atoms with E-state index in [1.807, 2.05) is 7.05 Å². The lowest BCUT2D eigenvalue weighted by Crippen LogP contribution is -2.28. The highest BCUT2D eigenvalue weighted by atomic mass is 32.1. The zero-order chi connectivity index (χ0) is 22.0. The Bertz CT molecular complexity index is 1060. The van der Waals surface area contributed by atoms with Crippen molar-refractivity contribution in [1.29, 1.82) is 0 Å². The number of hydrogen-bond donors (Lipinski definition) is 1. The molecule has 1 N–H and O–H groups in total. The van der Waals surface area contributed by atoms with Gasteiger partial charge in [0.1, 0.15) is 28.0 Å². The molecule has 0 bridgehead atoms. The van der Waals surface area contributed by atoms with Crippen molar-refractivity contribution in [2.75, 3.05) is 30.4 Å². The molecule has 4 rings (SSSR count). The molecule has 7 nitrogen and oxygen atoms in total. The van der Waals surface area contributed by atoms with Gasteiger partial charge in [0.15, 0.2) is 5.82 Å². The third-order valence-corrected chi connectivity index (χ3v) is 6.24. The molecule has 0 saturated carbocycles. The molecule has 1 fully saturated rings. The largest absolute Gasteiger partial charge is 0.381 e. The van der Waals surface area contributed by atoms with E-state index in [4.69, 9.17) is 4.74 Å². The normalized spacial score (nSPS) is 16.9. The van der Waals surface area contributed by atoms with E-state index in [2.05, 4.69) is 20.3 Å². The maximum Gasteiger partial charge on any atom is 0.275 e. The minimum Gasteiger partial charge on any atom is -0.381 e. The second-order valence-corrected chi connectivity index (χ2v) is 8.23. The van der Waals surface area contributed by atoms with Crippen LogP contribution in [0.3, 0.4) is 0 Å². The Hall–Kier alpha value is -2.85. The van der Waals surface area contributed by atoms with Gasteiger partial charge in [0.05, 0.1) is 17.9 Å². The Morgan fingerprint density at radius 3 is 2.77 bits per heavy atom. The Morgan fingerprint density at radius 1 is 1.26 bits per heavy atom. The molecule has 1 saturated heterocycles. The number of carbonyl (C=O) groups excluding carboxylic acids is 1. The fraction of sp³-hybridized carbons (Fsp3) is 0.381. The van der Waals surface area contributed by atoms with Gasteiger partial charge in [-0.05, 0) is 31.4 Å². The molecule has 10 heteroatoms. The summed E-state index contributed by atoms with van der Waals surface area (Å²) in [6, 6.07) is 3.62. The zero-order valence-electron chi connectivity index (χ0n) is 17.3. The highest BCUT2D eigenvalue weighted by Gasteiger charge is 2.24. The van der Waals surface area contributed by atoms with E-state index >= 15 is 0 Å². The van der Waals surface area contributed by atoms with E-state index in [-0.39, 0.29) is 22.4 Å². The molecule has 1 aliphatic rings. The maximum absolute atomic E-state index is 14.0. The molecule has 1 atom stereocenters. The molecule has 164 valence electrons. The second-order valence-electron chi connectivity index (χ2n) is 7.37. The van der Waals surface area contributed by atoms with Crippen molar-refractivity contribution in [2.24, 2.45) is 7.05 Å². The number of aryl methyl sites for hydroxylation is 1. The number of rotatable bonds is 5. The summed E-state index contributed by atoms with van der Waals surface area (Å²) in [6.07, 6.45) is 4.67. The number of hydrogen-bond acceptors (Lipinski definition) is 6. The number of nitrogens with zero attached hydrogens (tertiary/aromatic N) is 4. The molecular formula is C21H23F2N5O2S. The van der Waals surface area contributed by atoms with Crippen molar-refractivity contribution in [3.8, 4) is 10.6 Å². The number of benzene rings is 1. The lowest BCUT2D eigenvalue weighted by molar-refractivity contribution is 0.0931. The van der Waals surface area contributed by atoms with E-state index in [0.717, 1.165) is 61.6 Å². The van der Waals surface area contributed by atoms with Crippen LogP contribution in [0.5, 0.6) is 0 Å². The minimum atomic E-state index is -0.716. The summed E-state index contributed by atoms with van der Waals surface area (Å²) in [5.74, 6) is -1.09. The Morgan fingerprint density at radius 2 is 2.03 bits per heavy atom. The van der Waals surface area contributed by atoms with Crippen molar-refractivity contribution in [1.82, 2.24) is 14.8 Å². The number of anilines is 2. The van der Waals surface area contributed by atoms with E-state index in [0.29, 0.717) is 5.69 Å². The molecule has 1 aliphatic heterocycles. The lowest BCUT2D eigenvalue weighted by Gasteiger charge is -2.24. The summed E-state index contributed by atoms with van der Waals surface area (Å²) < 4.78 is 35.3. The molecule has 3 heterocycles. The highest BCUT2D eigenvalue weighted by molar-refractivity contribution is 7.13. The minimum absolute atomic E-state index is 0.0905. The Kier molecular flexibility index (Phi) is 6.28. The number of carbonyl (C=O) groups is 1. The van der Waals surface area contributed by atoms with Crippen LogP contribution in [0.4, 0.5) is 20.3 Å². The standard InChI is InChI=1S/C21H23F2N5O2S/c1-27-21(28-9-4-5-13(30-2)8-10-28)16(11-24-27)25-19(29)17-12-31-20(26-17)18-14(22)6-3-7-15(18)23/h3,6-7,11-13H,4-5,8-10H2,1-2H3,(H,25,29)/t13-/m1/s1. The van der Waals surface area contributed by atoms with Crippen molar-refractivity contribution in [3.63, 3.8) is 0 Å². The summed E-state index contributed by atoms with van der Waals surface area (Å²) in [4.78, 5) is 19.1.